The van der Waals surface area contributed by atoms with Crippen molar-refractivity contribution in [3.05, 3.63) is 53.7 Å². The number of thiocarbonyl (C=S) groups is 1. The zero-order chi connectivity index (χ0) is 16.3. The first-order chi connectivity index (χ1) is 11.2. The fraction of sp³-hybridized carbons (Fsp3) is 0.316. The molecule has 1 unspecified atom stereocenters. The van der Waals surface area contributed by atoms with E-state index in [1.54, 1.807) is 6.08 Å². The van der Waals surface area contributed by atoms with Crippen molar-refractivity contribution in [1.29, 1.82) is 0 Å². The number of benzene rings is 1. The summed E-state index contributed by atoms with van der Waals surface area (Å²) in [5.41, 5.74) is 2.72. The molecule has 0 amide bonds. The molecule has 1 fully saturated rings. The molecule has 0 bridgehead atoms. The molecule has 1 aromatic carbocycles. The second-order valence-corrected chi connectivity index (χ2v) is 6.34. The van der Waals surface area contributed by atoms with Gasteiger partial charge in [0, 0.05) is 18.6 Å². The van der Waals surface area contributed by atoms with E-state index in [4.69, 9.17) is 12.2 Å². The number of hydrogen-bond donors (Lipinski definition) is 1. The normalized spacial score (nSPS) is 22.9. The van der Waals surface area contributed by atoms with Crippen LogP contribution in [-0.2, 0) is 10.2 Å². The Morgan fingerprint density at radius 2 is 2.17 bits per heavy atom. The van der Waals surface area contributed by atoms with E-state index in [1.165, 1.54) is 0 Å². The molecule has 0 aliphatic heterocycles. The van der Waals surface area contributed by atoms with Crippen LogP contribution in [0.2, 0.25) is 0 Å². The number of carbonyl (C=O) groups excluding carboxylic acids is 1. The smallest absolute Gasteiger partial charge is 0.142 e. The van der Waals surface area contributed by atoms with Gasteiger partial charge in [-0.2, -0.15) is 0 Å². The van der Waals surface area contributed by atoms with Crippen molar-refractivity contribution in [3.63, 3.8) is 0 Å². The highest BCUT2D eigenvalue weighted by Gasteiger charge is 2.42. The van der Waals surface area contributed by atoms with Crippen molar-refractivity contribution in [1.82, 2.24) is 10.3 Å². The van der Waals surface area contributed by atoms with Crippen LogP contribution in [0, 0.1) is 0 Å². The Morgan fingerprint density at radius 3 is 2.96 bits per heavy atom. The fourth-order valence-electron chi connectivity index (χ4n) is 3.63. The number of rotatable bonds is 3. The minimum absolute atomic E-state index is 0.416. The summed E-state index contributed by atoms with van der Waals surface area (Å²) < 4.78 is 0. The van der Waals surface area contributed by atoms with Gasteiger partial charge in [-0.1, -0.05) is 36.8 Å². The third-order valence-electron chi connectivity index (χ3n) is 4.76. The Balaban J connectivity index is 2.22. The molecule has 0 saturated heterocycles. The van der Waals surface area contributed by atoms with Crippen LogP contribution < -0.4 is 5.32 Å². The molecule has 1 saturated carbocycles. The van der Waals surface area contributed by atoms with E-state index in [-0.39, 0.29) is 0 Å². The van der Waals surface area contributed by atoms with Gasteiger partial charge in [-0.3, -0.25) is 9.78 Å². The molecule has 23 heavy (non-hydrogen) atoms. The molecule has 0 radical (unpaired) electrons. The van der Waals surface area contributed by atoms with E-state index >= 15 is 0 Å². The number of allylic oxidation sites excluding steroid dienone is 1. The van der Waals surface area contributed by atoms with Gasteiger partial charge in [0.25, 0.3) is 0 Å². The Bertz CT molecular complexity index is 784. The van der Waals surface area contributed by atoms with Crippen molar-refractivity contribution in [2.45, 2.75) is 31.1 Å². The topological polar surface area (TPSA) is 42.0 Å². The van der Waals surface area contributed by atoms with E-state index in [0.29, 0.717) is 0 Å². The molecule has 1 aliphatic carbocycles. The maximum Gasteiger partial charge on any atom is 0.142 e. The van der Waals surface area contributed by atoms with Crippen LogP contribution in [-0.4, -0.2) is 23.3 Å². The molecule has 1 heterocycles. The molecule has 118 valence electrons. The lowest BCUT2D eigenvalue weighted by atomic mass is 9.66. The molecular formula is C19H20N2OS. The molecule has 1 aliphatic rings. The molecular weight excluding hydrogens is 304 g/mol. The highest BCUT2D eigenvalue weighted by Crippen LogP contribution is 2.44. The maximum absolute atomic E-state index is 11.2. The Hall–Kier alpha value is -2.07. The summed E-state index contributed by atoms with van der Waals surface area (Å²) in [7, 11) is 1.85. The number of para-hydroxylation sites is 1. The lowest BCUT2D eigenvalue weighted by molar-refractivity contribution is -0.104. The second-order valence-electron chi connectivity index (χ2n) is 5.94. The predicted molar refractivity (Wildman–Crippen MR) is 97.7 cm³/mol. The Morgan fingerprint density at radius 1 is 1.35 bits per heavy atom. The minimum atomic E-state index is -0.416. The number of aldehydes is 1. The van der Waals surface area contributed by atoms with Crippen molar-refractivity contribution in [3.8, 4) is 0 Å². The van der Waals surface area contributed by atoms with Crippen molar-refractivity contribution < 1.29 is 4.79 Å². The van der Waals surface area contributed by atoms with Crippen molar-refractivity contribution >= 4 is 34.4 Å². The predicted octanol–water partition coefficient (Wildman–Crippen LogP) is 3.72. The standard InChI is InChI=1S/C19H20N2OS/c1-20-18(23)19(10-5-4-7-15(19)9-11-22)16-12-14-6-2-3-8-17(14)21-13-16/h2-3,6,8-9,11-13H,4-5,7,10H2,1H3,(H,20,23)/b15-9-. The average Bonchev–Trinajstić information content (AvgIpc) is 2.61. The number of fused-ring (bicyclic) bond motifs is 1. The van der Waals surface area contributed by atoms with E-state index in [9.17, 15) is 4.79 Å². The fourth-order valence-corrected chi connectivity index (χ4v) is 3.98. The largest absolute Gasteiger partial charge is 0.382 e. The van der Waals surface area contributed by atoms with Crippen LogP contribution in [0.1, 0.15) is 31.2 Å². The SMILES string of the molecule is CNC(=S)C1(c2cnc3ccccc3c2)CCCC/C1=C/C=O. The summed E-state index contributed by atoms with van der Waals surface area (Å²) in [6.07, 6.45) is 8.47. The first-order valence-electron chi connectivity index (χ1n) is 7.94. The molecule has 1 aromatic heterocycles. The highest BCUT2D eigenvalue weighted by molar-refractivity contribution is 7.80. The van der Waals surface area contributed by atoms with Crippen LogP contribution in [0.3, 0.4) is 0 Å². The number of hydrogen-bond acceptors (Lipinski definition) is 3. The van der Waals surface area contributed by atoms with Gasteiger partial charge in [0.2, 0.25) is 0 Å². The molecule has 3 rings (SSSR count). The van der Waals surface area contributed by atoms with E-state index in [2.05, 4.69) is 22.4 Å². The van der Waals surface area contributed by atoms with Crippen LogP contribution in [0.15, 0.2) is 48.2 Å². The third-order valence-corrected chi connectivity index (χ3v) is 5.32. The van der Waals surface area contributed by atoms with Crippen LogP contribution in [0.5, 0.6) is 0 Å². The Kier molecular flexibility index (Phi) is 4.53. The van der Waals surface area contributed by atoms with Gasteiger partial charge < -0.3 is 5.32 Å². The van der Waals surface area contributed by atoms with Gasteiger partial charge in [0.1, 0.15) is 6.29 Å². The summed E-state index contributed by atoms with van der Waals surface area (Å²) in [6.45, 7) is 0. The monoisotopic (exact) mass is 324 g/mol. The summed E-state index contributed by atoms with van der Waals surface area (Å²) in [4.78, 5) is 16.5. The van der Waals surface area contributed by atoms with Crippen molar-refractivity contribution in [2.75, 3.05) is 7.05 Å². The minimum Gasteiger partial charge on any atom is -0.382 e. The van der Waals surface area contributed by atoms with E-state index in [1.807, 2.05) is 31.4 Å². The molecule has 1 N–H and O–H groups in total. The van der Waals surface area contributed by atoms with Gasteiger partial charge in [-0.15, -0.1) is 0 Å². The molecule has 0 spiro atoms. The highest BCUT2D eigenvalue weighted by atomic mass is 32.1. The first-order valence-corrected chi connectivity index (χ1v) is 8.35. The molecule has 3 nitrogen and oxygen atoms in total. The first kappa shape index (κ1) is 15.8. The lowest BCUT2D eigenvalue weighted by Gasteiger charge is -2.40. The van der Waals surface area contributed by atoms with Crippen LogP contribution >= 0.6 is 12.2 Å². The summed E-state index contributed by atoms with van der Waals surface area (Å²) in [6, 6.07) is 10.2. The van der Waals surface area contributed by atoms with Gasteiger partial charge in [0.15, 0.2) is 0 Å². The van der Waals surface area contributed by atoms with Gasteiger partial charge in [-0.05, 0) is 48.6 Å². The number of aromatic nitrogens is 1. The second kappa shape index (κ2) is 6.59. The average molecular weight is 324 g/mol. The number of carbonyl (C=O) groups is 1. The third kappa shape index (κ3) is 2.68. The van der Waals surface area contributed by atoms with Crippen molar-refractivity contribution in [2.24, 2.45) is 0 Å². The molecule has 2 aromatic rings. The number of pyridine rings is 1. The van der Waals surface area contributed by atoms with E-state index < -0.39 is 5.41 Å². The number of nitrogens with one attached hydrogen (secondary N) is 1. The van der Waals surface area contributed by atoms with E-state index in [0.717, 1.165) is 59.0 Å². The summed E-state index contributed by atoms with van der Waals surface area (Å²) in [5.74, 6) is 0. The van der Waals surface area contributed by atoms with Crippen LogP contribution in [0.4, 0.5) is 0 Å². The lowest BCUT2D eigenvalue weighted by Crippen LogP contribution is -2.45. The number of nitrogens with zero attached hydrogens (tertiary/aromatic N) is 1. The number of likely N-dealkylation sites (N-methyl/N-ethyl adjacent to an activating group) is 1. The summed E-state index contributed by atoms with van der Waals surface area (Å²) in [5, 5.41) is 4.25. The molecule has 4 heteroatoms. The zero-order valence-electron chi connectivity index (χ0n) is 13.2. The zero-order valence-corrected chi connectivity index (χ0v) is 14.0. The Labute approximate surface area is 141 Å². The molecule has 1 atom stereocenters. The van der Waals surface area contributed by atoms with Gasteiger partial charge >= 0.3 is 0 Å². The van der Waals surface area contributed by atoms with Gasteiger partial charge in [0.05, 0.1) is 15.9 Å². The van der Waals surface area contributed by atoms with Crippen LogP contribution in [0.25, 0.3) is 10.9 Å². The summed E-state index contributed by atoms with van der Waals surface area (Å²) >= 11 is 5.69. The maximum atomic E-state index is 11.2. The quantitative estimate of drug-likeness (QED) is 0.531. The van der Waals surface area contributed by atoms with Gasteiger partial charge in [-0.25, -0.2) is 0 Å².